The molecule has 0 heterocycles. The molecule has 4 unspecified atom stereocenters. The lowest BCUT2D eigenvalue weighted by Crippen LogP contribution is -2.47. The number of carbonyl (C=O) groups excluding carboxylic acids is 3. The zero-order valence-electron chi connectivity index (χ0n) is 23.2. The summed E-state index contributed by atoms with van der Waals surface area (Å²) in [7, 11) is 1.33. The van der Waals surface area contributed by atoms with E-state index in [2.05, 4.69) is 4.74 Å². The van der Waals surface area contributed by atoms with Crippen molar-refractivity contribution in [3.8, 4) is 0 Å². The van der Waals surface area contributed by atoms with Crippen LogP contribution in [0.5, 0.6) is 0 Å². The van der Waals surface area contributed by atoms with Crippen LogP contribution in [-0.2, 0) is 38.2 Å². The summed E-state index contributed by atoms with van der Waals surface area (Å²) < 4.78 is 15.3. The molecule has 0 spiro atoms. The van der Waals surface area contributed by atoms with Crippen molar-refractivity contribution < 1.29 is 58.6 Å². The molecule has 0 bridgehead atoms. The molecule has 0 aromatic carbocycles. The van der Waals surface area contributed by atoms with Gasteiger partial charge in [0.05, 0.1) is 32.8 Å². The second kappa shape index (κ2) is 22.1. The van der Waals surface area contributed by atoms with E-state index in [-0.39, 0.29) is 18.8 Å². The minimum Gasteiger partial charge on any atom is -0.481 e. The van der Waals surface area contributed by atoms with Gasteiger partial charge in [0, 0.05) is 6.42 Å². The van der Waals surface area contributed by atoms with Gasteiger partial charge in [-0.15, -0.1) is 0 Å². The lowest BCUT2D eigenvalue weighted by Gasteiger charge is -2.31. The highest BCUT2D eigenvalue weighted by molar-refractivity contribution is 5.77. The number of carbonyl (C=O) groups is 5. The Morgan fingerprint density at radius 3 is 1.38 bits per heavy atom. The van der Waals surface area contributed by atoms with Crippen molar-refractivity contribution in [1.82, 2.24) is 0 Å². The third-order valence-electron chi connectivity index (χ3n) is 6.20. The van der Waals surface area contributed by atoms with Gasteiger partial charge in [0.25, 0.3) is 0 Å². The Morgan fingerprint density at radius 1 is 0.564 bits per heavy atom. The summed E-state index contributed by atoms with van der Waals surface area (Å²) in [5.41, 5.74) is 0. The number of unbranched alkanes of at least 4 members (excludes halogenated alkanes) is 7. The maximum Gasteiger partial charge on any atom is 0.306 e. The van der Waals surface area contributed by atoms with Gasteiger partial charge in [-0.05, 0) is 32.1 Å². The minimum absolute atomic E-state index is 0.170. The van der Waals surface area contributed by atoms with Crippen molar-refractivity contribution in [1.29, 1.82) is 0 Å². The van der Waals surface area contributed by atoms with Gasteiger partial charge in [-0.3, -0.25) is 24.0 Å². The summed E-state index contributed by atoms with van der Waals surface area (Å²) in [6.45, 7) is 2.02. The van der Waals surface area contributed by atoms with Crippen LogP contribution in [0.4, 0.5) is 0 Å². The number of rotatable bonds is 24. The van der Waals surface area contributed by atoms with Crippen LogP contribution in [0, 0.1) is 0 Å². The van der Waals surface area contributed by atoms with Crippen LogP contribution in [0.25, 0.3) is 0 Å². The number of aliphatic hydroxyl groups is 2. The zero-order valence-corrected chi connectivity index (χ0v) is 23.2. The van der Waals surface area contributed by atoms with Gasteiger partial charge < -0.3 is 34.6 Å². The molecule has 0 amide bonds. The third-order valence-corrected chi connectivity index (χ3v) is 6.20. The Morgan fingerprint density at radius 2 is 0.974 bits per heavy atom. The molecule has 4 atom stereocenters. The van der Waals surface area contributed by atoms with E-state index in [0.717, 1.165) is 32.1 Å². The second-order valence-electron chi connectivity index (χ2n) is 9.56. The van der Waals surface area contributed by atoms with Crippen LogP contribution in [0.2, 0.25) is 0 Å². The highest BCUT2D eigenvalue weighted by Crippen LogP contribution is 2.22. The highest BCUT2D eigenvalue weighted by atomic mass is 16.6. The van der Waals surface area contributed by atoms with Crippen LogP contribution in [0.15, 0.2) is 0 Å². The van der Waals surface area contributed by atoms with E-state index in [4.69, 9.17) is 19.7 Å². The molecule has 0 aliphatic carbocycles. The van der Waals surface area contributed by atoms with E-state index in [1.54, 1.807) is 0 Å². The van der Waals surface area contributed by atoms with Crippen molar-refractivity contribution in [2.45, 2.75) is 134 Å². The molecule has 0 aromatic heterocycles. The van der Waals surface area contributed by atoms with E-state index in [9.17, 15) is 34.2 Å². The fraction of sp³-hybridized carbons (Fsp3) is 0.815. The van der Waals surface area contributed by atoms with Crippen molar-refractivity contribution in [2.75, 3.05) is 7.11 Å². The predicted molar refractivity (Wildman–Crippen MR) is 139 cm³/mol. The number of aliphatic hydroxyl groups excluding tert-OH is 2. The average molecular weight is 563 g/mol. The summed E-state index contributed by atoms with van der Waals surface area (Å²) in [4.78, 5) is 57.2. The quantitative estimate of drug-likeness (QED) is 0.0763. The maximum atomic E-state index is 12.2. The fourth-order valence-electron chi connectivity index (χ4n) is 3.93. The summed E-state index contributed by atoms with van der Waals surface area (Å²) in [6.07, 6.45) is 0.119. The first-order valence-electron chi connectivity index (χ1n) is 13.8. The number of aliphatic carboxylic acids is 2. The predicted octanol–water partition coefficient (Wildman–Crippen LogP) is 3.14. The molecule has 39 heavy (non-hydrogen) atoms. The van der Waals surface area contributed by atoms with Gasteiger partial charge >= 0.3 is 29.8 Å². The Balaban J connectivity index is 5.28. The SMILES string of the molecule is CCCCCCC(OC(=O)CCC(=O)O)C(O)C(O)C(CCCCCCCC(=O)OC)OC(=O)CCC(=O)O. The zero-order chi connectivity index (χ0) is 29.6. The van der Waals surface area contributed by atoms with Crippen molar-refractivity contribution in [3.63, 3.8) is 0 Å². The van der Waals surface area contributed by atoms with Gasteiger partial charge in [0.2, 0.25) is 0 Å². The monoisotopic (exact) mass is 562 g/mol. The number of carboxylic acids is 2. The Labute approximate surface area is 230 Å². The van der Waals surface area contributed by atoms with Crippen molar-refractivity contribution in [3.05, 3.63) is 0 Å². The molecule has 4 N–H and O–H groups in total. The van der Waals surface area contributed by atoms with E-state index >= 15 is 0 Å². The molecule has 0 radical (unpaired) electrons. The highest BCUT2D eigenvalue weighted by Gasteiger charge is 2.36. The molecule has 12 heteroatoms. The number of hydrogen-bond donors (Lipinski definition) is 4. The minimum atomic E-state index is -1.62. The van der Waals surface area contributed by atoms with Gasteiger partial charge in [-0.2, -0.15) is 0 Å². The molecular formula is C27H46O12. The Hall–Kier alpha value is -2.73. The average Bonchev–Trinajstić information content (AvgIpc) is 2.90. The van der Waals surface area contributed by atoms with Crippen LogP contribution >= 0.6 is 0 Å². The van der Waals surface area contributed by atoms with E-state index < -0.39 is 74.0 Å². The van der Waals surface area contributed by atoms with Crippen LogP contribution in [0.3, 0.4) is 0 Å². The number of hydrogen-bond acceptors (Lipinski definition) is 10. The van der Waals surface area contributed by atoms with E-state index in [0.29, 0.717) is 32.1 Å². The van der Waals surface area contributed by atoms with Gasteiger partial charge in [0.15, 0.2) is 0 Å². The molecule has 0 saturated heterocycles. The molecule has 0 saturated carbocycles. The first-order valence-corrected chi connectivity index (χ1v) is 13.8. The summed E-state index contributed by atoms with van der Waals surface area (Å²) in [5.74, 6) is -4.31. The lowest BCUT2D eigenvalue weighted by atomic mass is 9.95. The maximum absolute atomic E-state index is 12.2. The van der Waals surface area contributed by atoms with Crippen molar-refractivity contribution >= 4 is 29.8 Å². The summed E-state index contributed by atoms with van der Waals surface area (Å²) >= 11 is 0. The van der Waals surface area contributed by atoms with Gasteiger partial charge in [-0.25, -0.2) is 0 Å². The molecule has 226 valence electrons. The Bertz CT molecular complexity index is 738. The normalized spacial score (nSPS) is 14.1. The third kappa shape index (κ3) is 19.0. The number of methoxy groups -OCH3 is 1. The molecular weight excluding hydrogens is 516 g/mol. The molecule has 0 aliphatic rings. The largest absolute Gasteiger partial charge is 0.481 e. The second-order valence-corrected chi connectivity index (χ2v) is 9.56. The molecule has 0 aliphatic heterocycles. The fourth-order valence-corrected chi connectivity index (χ4v) is 3.93. The van der Waals surface area contributed by atoms with Crippen LogP contribution in [-0.4, -0.2) is 81.8 Å². The van der Waals surface area contributed by atoms with Gasteiger partial charge in [-0.1, -0.05) is 45.4 Å². The number of carboxylic acid groups (broad SMARTS) is 2. The molecule has 0 rings (SSSR count). The van der Waals surface area contributed by atoms with Crippen LogP contribution < -0.4 is 0 Å². The summed E-state index contributed by atoms with van der Waals surface area (Å²) in [6, 6.07) is 0. The summed E-state index contributed by atoms with van der Waals surface area (Å²) in [5, 5.41) is 39.5. The topological polar surface area (TPSA) is 194 Å². The first-order chi connectivity index (χ1) is 18.5. The number of esters is 3. The molecule has 0 fully saturated rings. The van der Waals surface area contributed by atoms with E-state index in [1.165, 1.54) is 7.11 Å². The van der Waals surface area contributed by atoms with Crippen molar-refractivity contribution in [2.24, 2.45) is 0 Å². The van der Waals surface area contributed by atoms with E-state index in [1.807, 2.05) is 6.92 Å². The first kappa shape index (κ1) is 36.3. The standard InChI is InChI=1S/C27H46O12/c1-3-4-5-9-12-19(38-24(33)17-15-21(28)29)26(35)27(36)20(39-25(34)18-16-22(30)31)13-10-7-6-8-11-14-23(32)37-2/h19-20,26-27,35-36H,3-18H2,1-2H3,(H,28,29)(H,30,31). The number of ether oxygens (including phenoxy) is 3. The molecule has 0 aromatic rings. The van der Waals surface area contributed by atoms with Crippen LogP contribution in [0.1, 0.15) is 110 Å². The van der Waals surface area contributed by atoms with Gasteiger partial charge in [0.1, 0.15) is 24.4 Å². The molecule has 12 nitrogen and oxygen atoms in total. The smallest absolute Gasteiger partial charge is 0.306 e. The Kier molecular flexibility index (Phi) is 20.6. The lowest BCUT2D eigenvalue weighted by molar-refractivity contribution is -0.177.